The number of nitrogens with two attached hydrogens (primary N) is 1. The molecule has 2 N–H and O–H groups in total. The minimum Gasteiger partial charge on any atom is -0.490 e. The molecular formula is C17H24FNO2. The molecule has 4 heteroatoms. The molecule has 1 atom stereocenters. The summed E-state index contributed by atoms with van der Waals surface area (Å²) in [6, 6.07) is 4.91. The monoisotopic (exact) mass is 293 g/mol. The summed E-state index contributed by atoms with van der Waals surface area (Å²) in [7, 11) is 0. The zero-order valence-electron chi connectivity index (χ0n) is 12.4. The third kappa shape index (κ3) is 3.55. The SMILES string of the molecule is NCCc1cc(F)cc(OC2CCOC3(CCCC3)C2)c1. The van der Waals surface area contributed by atoms with Crippen LogP contribution in [0.5, 0.6) is 5.75 Å². The third-order valence-electron chi connectivity index (χ3n) is 4.63. The van der Waals surface area contributed by atoms with E-state index in [2.05, 4.69) is 0 Å². The highest BCUT2D eigenvalue weighted by Crippen LogP contribution is 2.41. The second-order valence-corrected chi connectivity index (χ2v) is 6.31. The molecule has 1 aromatic rings. The summed E-state index contributed by atoms with van der Waals surface area (Å²) in [6.45, 7) is 1.26. The van der Waals surface area contributed by atoms with Gasteiger partial charge in [0.2, 0.25) is 0 Å². The Morgan fingerprint density at radius 3 is 2.86 bits per heavy atom. The maximum Gasteiger partial charge on any atom is 0.127 e. The standard InChI is InChI=1S/C17H24FNO2/c18-14-9-13(3-7-19)10-16(11-14)21-15-4-8-20-17(12-15)5-1-2-6-17/h9-11,15H,1-8,12,19H2. The molecule has 0 bridgehead atoms. The lowest BCUT2D eigenvalue weighted by molar-refractivity contribution is -0.108. The van der Waals surface area contributed by atoms with E-state index in [1.807, 2.05) is 6.07 Å². The Labute approximate surface area is 125 Å². The molecule has 0 aromatic heterocycles. The van der Waals surface area contributed by atoms with Crippen LogP contribution in [0.15, 0.2) is 18.2 Å². The number of rotatable bonds is 4. The van der Waals surface area contributed by atoms with E-state index in [0.717, 1.165) is 37.9 Å². The van der Waals surface area contributed by atoms with Crippen LogP contribution in [-0.4, -0.2) is 24.9 Å². The second-order valence-electron chi connectivity index (χ2n) is 6.31. The number of ether oxygens (including phenoxy) is 2. The Kier molecular flexibility index (Phi) is 4.45. The van der Waals surface area contributed by atoms with Gasteiger partial charge in [-0.15, -0.1) is 0 Å². The molecule has 21 heavy (non-hydrogen) atoms. The average molecular weight is 293 g/mol. The highest BCUT2D eigenvalue weighted by atomic mass is 19.1. The fourth-order valence-corrected chi connectivity index (χ4v) is 3.64. The number of hydrogen-bond donors (Lipinski definition) is 1. The highest BCUT2D eigenvalue weighted by Gasteiger charge is 2.40. The van der Waals surface area contributed by atoms with E-state index >= 15 is 0 Å². The summed E-state index contributed by atoms with van der Waals surface area (Å²) in [6.07, 6.45) is 7.36. The maximum absolute atomic E-state index is 13.7. The van der Waals surface area contributed by atoms with Gasteiger partial charge in [0.15, 0.2) is 0 Å². The molecule has 116 valence electrons. The minimum atomic E-state index is -0.251. The molecule has 1 aromatic carbocycles. The Morgan fingerprint density at radius 2 is 2.10 bits per heavy atom. The van der Waals surface area contributed by atoms with Gasteiger partial charge in [0.25, 0.3) is 0 Å². The Balaban J connectivity index is 1.68. The summed E-state index contributed by atoms with van der Waals surface area (Å²) in [5.41, 5.74) is 6.47. The molecule has 1 aliphatic carbocycles. The molecule has 3 nitrogen and oxygen atoms in total. The van der Waals surface area contributed by atoms with Crippen LogP contribution in [0.3, 0.4) is 0 Å². The van der Waals surface area contributed by atoms with Gasteiger partial charge in [0.05, 0.1) is 12.2 Å². The van der Waals surface area contributed by atoms with Crippen LogP contribution in [0.25, 0.3) is 0 Å². The summed E-state index contributed by atoms with van der Waals surface area (Å²) >= 11 is 0. The van der Waals surface area contributed by atoms with E-state index in [-0.39, 0.29) is 17.5 Å². The van der Waals surface area contributed by atoms with E-state index in [4.69, 9.17) is 15.2 Å². The van der Waals surface area contributed by atoms with Crippen molar-refractivity contribution in [3.63, 3.8) is 0 Å². The zero-order valence-corrected chi connectivity index (χ0v) is 12.4. The van der Waals surface area contributed by atoms with Crippen molar-refractivity contribution in [2.24, 2.45) is 5.73 Å². The molecular weight excluding hydrogens is 269 g/mol. The van der Waals surface area contributed by atoms with Crippen LogP contribution in [0.4, 0.5) is 4.39 Å². The quantitative estimate of drug-likeness (QED) is 0.927. The van der Waals surface area contributed by atoms with Gasteiger partial charge in [-0.2, -0.15) is 0 Å². The lowest BCUT2D eigenvalue weighted by Crippen LogP contribution is -2.41. The number of halogens is 1. The molecule has 0 amide bonds. The average Bonchev–Trinajstić information content (AvgIpc) is 2.86. The molecule has 2 aliphatic rings. The number of benzene rings is 1. The van der Waals surface area contributed by atoms with Gasteiger partial charge in [0, 0.05) is 18.9 Å². The second kappa shape index (κ2) is 6.32. The van der Waals surface area contributed by atoms with Crippen molar-refractivity contribution < 1.29 is 13.9 Å². The van der Waals surface area contributed by atoms with Gasteiger partial charge in [-0.05, 0) is 43.5 Å². The van der Waals surface area contributed by atoms with Crippen molar-refractivity contribution in [1.29, 1.82) is 0 Å². The predicted octanol–water partition coefficient (Wildman–Crippen LogP) is 3.20. The topological polar surface area (TPSA) is 44.5 Å². The van der Waals surface area contributed by atoms with Crippen LogP contribution in [-0.2, 0) is 11.2 Å². The van der Waals surface area contributed by atoms with Gasteiger partial charge >= 0.3 is 0 Å². The Bertz CT molecular complexity index is 486. The molecule has 1 saturated heterocycles. The predicted molar refractivity (Wildman–Crippen MR) is 80.0 cm³/mol. The van der Waals surface area contributed by atoms with Crippen molar-refractivity contribution in [2.75, 3.05) is 13.2 Å². The van der Waals surface area contributed by atoms with Crippen molar-refractivity contribution in [3.8, 4) is 5.75 Å². The minimum absolute atomic E-state index is 0.0241. The zero-order chi connectivity index (χ0) is 14.7. The maximum atomic E-state index is 13.7. The summed E-state index contributed by atoms with van der Waals surface area (Å²) in [4.78, 5) is 0. The lowest BCUT2D eigenvalue weighted by Gasteiger charge is -2.38. The summed E-state index contributed by atoms with van der Waals surface area (Å²) in [5, 5.41) is 0. The van der Waals surface area contributed by atoms with Gasteiger partial charge in [0.1, 0.15) is 17.7 Å². The molecule has 0 radical (unpaired) electrons. The van der Waals surface area contributed by atoms with Crippen molar-refractivity contribution in [2.45, 2.75) is 56.7 Å². The van der Waals surface area contributed by atoms with Crippen LogP contribution < -0.4 is 10.5 Å². The Hall–Kier alpha value is -1.13. The van der Waals surface area contributed by atoms with Crippen molar-refractivity contribution in [1.82, 2.24) is 0 Å². The number of hydrogen-bond acceptors (Lipinski definition) is 3. The van der Waals surface area contributed by atoms with Crippen molar-refractivity contribution >= 4 is 0 Å². The molecule has 1 unspecified atom stereocenters. The van der Waals surface area contributed by atoms with E-state index < -0.39 is 0 Å². The fourth-order valence-electron chi connectivity index (χ4n) is 3.64. The Morgan fingerprint density at radius 1 is 1.29 bits per heavy atom. The molecule has 2 fully saturated rings. The van der Waals surface area contributed by atoms with E-state index in [9.17, 15) is 4.39 Å². The van der Waals surface area contributed by atoms with Gasteiger partial charge in [-0.1, -0.05) is 12.8 Å². The first-order valence-corrected chi connectivity index (χ1v) is 7.99. The van der Waals surface area contributed by atoms with E-state index in [0.29, 0.717) is 18.7 Å². The lowest BCUT2D eigenvalue weighted by atomic mass is 9.90. The highest BCUT2D eigenvalue weighted by molar-refractivity contribution is 5.30. The van der Waals surface area contributed by atoms with Crippen LogP contribution in [0.1, 0.15) is 44.1 Å². The largest absolute Gasteiger partial charge is 0.490 e. The molecule has 1 spiro atoms. The van der Waals surface area contributed by atoms with Gasteiger partial charge in [-0.25, -0.2) is 4.39 Å². The smallest absolute Gasteiger partial charge is 0.127 e. The van der Waals surface area contributed by atoms with Crippen LogP contribution in [0, 0.1) is 5.82 Å². The molecule has 1 saturated carbocycles. The molecule has 1 aliphatic heterocycles. The van der Waals surface area contributed by atoms with Gasteiger partial charge < -0.3 is 15.2 Å². The molecule has 3 rings (SSSR count). The van der Waals surface area contributed by atoms with Crippen molar-refractivity contribution in [3.05, 3.63) is 29.6 Å². The first-order chi connectivity index (χ1) is 10.2. The van der Waals surface area contributed by atoms with Gasteiger partial charge in [-0.3, -0.25) is 0 Å². The first kappa shape index (κ1) is 14.8. The van der Waals surface area contributed by atoms with E-state index in [1.54, 1.807) is 0 Å². The first-order valence-electron chi connectivity index (χ1n) is 7.99. The van der Waals surface area contributed by atoms with Crippen LogP contribution in [0.2, 0.25) is 0 Å². The fraction of sp³-hybridized carbons (Fsp3) is 0.647. The molecule has 1 heterocycles. The summed E-state index contributed by atoms with van der Waals surface area (Å²) in [5.74, 6) is 0.372. The third-order valence-corrected chi connectivity index (χ3v) is 4.63. The van der Waals surface area contributed by atoms with E-state index in [1.165, 1.54) is 25.0 Å². The summed E-state index contributed by atoms with van der Waals surface area (Å²) < 4.78 is 25.7. The van der Waals surface area contributed by atoms with Crippen LogP contribution >= 0.6 is 0 Å². The normalized spacial score (nSPS) is 24.4.